The van der Waals surface area contributed by atoms with Gasteiger partial charge in [-0.2, -0.15) is 5.10 Å². The highest BCUT2D eigenvalue weighted by molar-refractivity contribution is 5.93. The molecule has 0 radical (unpaired) electrons. The van der Waals surface area contributed by atoms with Gasteiger partial charge in [0.2, 0.25) is 0 Å². The molecule has 6 heteroatoms. The Morgan fingerprint density at radius 1 is 1.55 bits per heavy atom. The van der Waals surface area contributed by atoms with Crippen molar-refractivity contribution in [2.24, 2.45) is 5.92 Å². The summed E-state index contributed by atoms with van der Waals surface area (Å²) in [7, 11) is 1.79. The highest BCUT2D eigenvalue weighted by Crippen LogP contribution is 2.28. The van der Waals surface area contributed by atoms with Gasteiger partial charge in [-0.15, -0.1) is 0 Å². The Bertz CT molecular complexity index is 673. The summed E-state index contributed by atoms with van der Waals surface area (Å²) < 4.78 is 7.26. The molecule has 0 saturated carbocycles. The van der Waals surface area contributed by atoms with Crippen molar-refractivity contribution in [3.8, 4) is 0 Å². The molecular formula is C16H22N4O2. The lowest BCUT2D eigenvalue weighted by molar-refractivity contribution is 0.0770. The highest BCUT2D eigenvalue weighted by atomic mass is 16.5. The van der Waals surface area contributed by atoms with E-state index in [2.05, 4.69) is 17.2 Å². The molecular weight excluding hydrogens is 280 g/mol. The van der Waals surface area contributed by atoms with Crippen LogP contribution in [0, 0.1) is 5.92 Å². The van der Waals surface area contributed by atoms with Crippen LogP contribution in [0.2, 0.25) is 0 Å². The van der Waals surface area contributed by atoms with Gasteiger partial charge in [0, 0.05) is 31.8 Å². The van der Waals surface area contributed by atoms with Crippen LogP contribution in [0.15, 0.2) is 16.8 Å². The molecule has 0 aromatic carbocycles. The average Bonchev–Trinajstić information content (AvgIpc) is 3.12. The van der Waals surface area contributed by atoms with Gasteiger partial charge in [0.25, 0.3) is 5.91 Å². The molecule has 1 unspecified atom stereocenters. The summed E-state index contributed by atoms with van der Waals surface area (Å²) in [6, 6.07) is 1.94. The molecule has 6 nitrogen and oxygen atoms in total. The van der Waals surface area contributed by atoms with Crippen LogP contribution in [0.1, 0.15) is 47.8 Å². The zero-order valence-corrected chi connectivity index (χ0v) is 13.4. The van der Waals surface area contributed by atoms with Crippen LogP contribution in [0.5, 0.6) is 0 Å². The molecule has 0 fully saturated rings. The van der Waals surface area contributed by atoms with Crippen molar-refractivity contribution in [3.63, 3.8) is 0 Å². The van der Waals surface area contributed by atoms with Gasteiger partial charge in [-0.1, -0.05) is 12.1 Å². The van der Waals surface area contributed by atoms with Crippen LogP contribution >= 0.6 is 0 Å². The molecule has 2 aromatic rings. The molecule has 1 aliphatic carbocycles. The molecule has 118 valence electrons. The molecule has 0 spiro atoms. The molecule has 0 bridgehead atoms. The summed E-state index contributed by atoms with van der Waals surface area (Å²) in [5.41, 5.74) is 2.50. The molecule has 0 saturated heterocycles. The zero-order valence-electron chi connectivity index (χ0n) is 13.4. The second-order valence-electron chi connectivity index (χ2n) is 6.08. The van der Waals surface area contributed by atoms with Crippen molar-refractivity contribution in [1.82, 2.24) is 19.8 Å². The number of aromatic nitrogens is 3. The van der Waals surface area contributed by atoms with E-state index in [1.165, 1.54) is 0 Å². The standard InChI is InChI=1S/C16H22N4O2/c1-4-20-12(7-8-17-20)10-19(3)16(21)15-13-9-11(2)5-6-14(13)22-18-15/h7-8,11H,4-6,9-10H2,1-3H3. The first-order valence-electron chi connectivity index (χ1n) is 7.83. The predicted molar refractivity (Wildman–Crippen MR) is 81.4 cm³/mol. The van der Waals surface area contributed by atoms with E-state index in [0.29, 0.717) is 18.2 Å². The Kier molecular flexibility index (Phi) is 4.00. The normalized spacial score (nSPS) is 17.3. The maximum absolute atomic E-state index is 12.7. The lowest BCUT2D eigenvalue weighted by Gasteiger charge is -2.19. The van der Waals surface area contributed by atoms with E-state index in [1.54, 1.807) is 18.1 Å². The topological polar surface area (TPSA) is 64.2 Å². The van der Waals surface area contributed by atoms with E-state index >= 15 is 0 Å². The maximum atomic E-state index is 12.7. The smallest absolute Gasteiger partial charge is 0.276 e. The number of hydrogen-bond donors (Lipinski definition) is 0. The van der Waals surface area contributed by atoms with Crippen molar-refractivity contribution in [2.75, 3.05) is 7.05 Å². The number of amides is 1. The van der Waals surface area contributed by atoms with Gasteiger partial charge < -0.3 is 9.42 Å². The van der Waals surface area contributed by atoms with Gasteiger partial charge in [-0.05, 0) is 31.7 Å². The second kappa shape index (κ2) is 5.94. The van der Waals surface area contributed by atoms with Crippen LogP contribution in [0.3, 0.4) is 0 Å². The molecule has 1 atom stereocenters. The quantitative estimate of drug-likeness (QED) is 0.869. The van der Waals surface area contributed by atoms with Crippen LogP contribution in [-0.4, -0.2) is 32.8 Å². The minimum Gasteiger partial charge on any atom is -0.360 e. The maximum Gasteiger partial charge on any atom is 0.276 e. The molecule has 0 N–H and O–H groups in total. The highest BCUT2D eigenvalue weighted by Gasteiger charge is 2.28. The van der Waals surface area contributed by atoms with Gasteiger partial charge in [0.05, 0.1) is 12.2 Å². The predicted octanol–water partition coefficient (Wildman–Crippen LogP) is 2.29. The summed E-state index contributed by atoms with van der Waals surface area (Å²) in [6.45, 7) is 5.55. The molecule has 22 heavy (non-hydrogen) atoms. The number of rotatable bonds is 4. The first-order chi connectivity index (χ1) is 10.6. The number of carbonyl (C=O) groups is 1. The van der Waals surface area contributed by atoms with E-state index in [0.717, 1.165) is 42.8 Å². The van der Waals surface area contributed by atoms with E-state index in [1.807, 2.05) is 17.7 Å². The third-order valence-corrected chi connectivity index (χ3v) is 4.34. The lowest BCUT2D eigenvalue weighted by Crippen LogP contribution is -2.29. The summed E-state index contributed by atoms with van der Waals surface area (Å²) in [5, 5.41) is 8.27. The first kappa shape index (κ1) is 14.8. The largest absolute Gasteiger partial charge is 0.360 e. The van der Waals surface area contributed by atoms with Crippen LogP contribution < -0.4 is 0 Å². The fraction of sp³-hybridized carbons (Fsp3) is 0.562. The van der Waals surface area contributed by atoms with Gasteiger partial charge in [-0.3, -0.25) is 9.48 Å². The van der Waals surface area contributed by atoms with Gasteiger partial charge in [0.15, 0.2) is 5.69 Å². The minimum atomic E-state index is -0.0806. The van der Waals surface area contributed by atoms with Crippen molar-refractivity contribution >= 4 is 5.91 Å². The van der Waals surface area contributed by atoms with Gasteiger partial charge in [0.1, 0.15) is 5.76 Å². The summed E-state index contributed by atoms with van der Waals surface area (Å²) in [4.78, 5) is 14.4. The number of fused-ring (bicyclic) bond motifs is 1. The van der Waals surface area contributed by atoms with Crippen molar-refractivity contribution in [2.45, 2.75) is 46.2 Å². The van der Waals surface area contributed by atoms with E-state index < -0.39 is 0 Å². The third kappa shape index (κ3) is 2.65. The fourth-order valence-electron chi connectivity index (χ4n) is 3.02. The SMILES string of the molecule is CCn1nccc1CN(C)C(=O)c1noc2c1CC(C)CC2. The van der Waals surface area contributed by atoms with Gasteiger partial charge in [-0.25, -0.2) is 0 Å². The number of hydrogen-bond acceptors (Lipinski definition) is 4. The van der Waals surface area contributed by atoms with Crippen LogP contribution in [0.25, 0.3) is 0 Å². The monoisotopic (exact) mass is 302 g/mol. The van der Waals surface area contributed by atoms with Crippen molar-refractivity contribution in [1.29, 1.82) is 0 Å². The molecule has 2 aromatic heterocycles. The van der Waals surface area contributed by atoms with E-state index in [-0.39, 0.29) is 5.91 Å². The number of aryl methyl sites for hydroxylation is 2. The lowest BCUT2D eigenvalue weighted by atomic mass is 9.88. The summed E-state index contributed by atoms with van der Waals surface area (Å²) in [6.07, 6.45) is 4.61. The van der Waals surface area contributed by atoms with Crippen LogP contribution in [-0.2, 0) is 25.9 Å². The molecule has 1 aliphatic rings. The Morgan fingerprint density at radius 3 is 3.14 bits per heavy atom. The Labute approximate surface area is 130 Å². The second-order valence-corrected chi connectivity index (χ2v) is 6.08. The third-order valence-electron chi connectivity index (χ3n) is 4.34. The summed E-state index contributed by atoms with van der Waals surface area (Å²) in [5.74, 6) is 1.38. The molecule has 3 rings (SSSR count). The average molecular weight is 302 g/mol. The van der Waals surface area contributed by atoms with Crippen LogP contribution in [0.4, 0.5) is 0 Å². The number of carbonyl (C=O) groups excluding carboxylic acids is 1. The van der Waals surface area contributed by atoms with Crippen molar-refractivity contribution < 1.29 is 9.32 Å². The van der Waals surface area contributed by atoms with E-state index in [4.69, 9.17) is 4.52 Å². The molecule has 1 amide bonds. The summed E-state index contributed by atoms with van der Waals surface area (Å²) >= 11 is 0. The zero-order chi connectivity index (χ0) is 15.7. The fourth-order valence-corrected chi connectivity index (χ4v) is 3.02. The molecule has 2 heterocycles. The Morgan fingerprint density at radius 2 is 2.36 bits per heavy atom. The Balaban J connectivity index is 1.78. The minimum absolute atomic E-state index is 0.0806. The number of nitrogens with zero attached hydrogens (tertiary/aromatic N) is 4. The van der Waals surface area contributed by atoms with E-state index in [9.17, 15) is 4.79 Å². The van der Waals surface area contributed by atoms with Crippen molar-refractivity contribution in [3.05, 3.63) is 35.0 Å². The molecule has 0 aliphatic heterocycles. The van der Waals surface area contributed by atoms with Gasteiger partial charge >= 0.3 is 0 Å². The first-order valence-corrected chi connectivity index (χ1v) is 7.83. The Hall–Kier alpha value is -2.11.